The second kappa shape index (κ2) is 7.37. The van der Waals surface area contributed by atoms with E-state index in [-0.39, 0.29) is 11.5 Å². The molecule has 3 atom stereocenters. The van der Waals surface area contributed by atoms with E-state index in [0.717, 1.165) is 0 Å². The maximum absolute atomic E-state index is 13.4. The predicted octanol–water partition coefficient (Wildman–Crippen LogP) is 3.44. The number of carbonyl (C=O) groups excluding carboxylic acids is 2. The largest absolute Gasteiger partial charge is 0.478 e. The fourth-order valence-electron chi connectivity index (χ4n) is 4.21. The Bertz CT molecular complexity index is 1150. The van der Waals surface area contributed by atoms with Gasteiger partial charge in [-0.25, -0.2) is 14.8 Å². The molecule has 2 fully saturated rings. The lowest BCUT2D eigenvalue weighted by Gasteiger charge is -2.28. The summed E-state index contributed by atoms with van der Waals surface area (Å²) in [5, 5.41) is 10.8. The first kappa shape index (κ1) is 19.0. The highest BCUT2D eigenvalue weighted by Crippen LogP contribution is 2.47. The van der Waals surface area contributed by atoms with Crippen LogP contribution in [0.25, 0.3) is 0 Å². The Labute approximate surface area is 178 Å². The minimum atomic E-state index is -1.03. The normalized spacial score (nSPS) is 22.6. The maximum atomic E-state index is 13.4. The zero-order valence-corrected chi connectivity index (χ0v) is 16.3. The van der Waals surface area contributed by atoms with Crippen molar-refractivity contribution in [1.29, 1.82) is 0 Å². The van der Waals surface area contributed by atoms with Crippen LogP contribution in [0.5, 0.6) is 0 Å². The van der Waals surface area contributed by atoms with Gasteiger partial charge in [0.05, 0.1) is 23.0 Å². The number of aromatic carboxylic acids is 1. The van der Waals surface area contributed by atoms with E-state index in [2.05, 4.69) is 0 Å². The van der Waals surface area contributed by atoms with E-state index in [1.165, 1.54) is 17.0 Å². The first-order valence-electron chi connectivity index (χ1n) is 9.83. The van der Waals surface area contributed by atoms with Crippen molar-refractivity contribution in [3.63, 3.8) is 0 Å². The summed E-state index contributed by atoms with van der Waals surface area (Å²) in [6.45, 7) is 0. The summed E-state index contributed by atoms with van der Waals surface area (Å²) in [6.07, 6.45) is -0.961. The molecule has 2 aliphatic rings. The number of benzene rings is 3. The third-order valence-electron chi connectivity index (χ3n) is 5.64. The minimum absolute atomic E-state index is 0.144. The molecule has 31 heavy (non-hydrogen) atoms. The van der Waals surface area contributed by atoms with Crippen LogP contribution in [0.3, 0.4) is 0 Å². The molecule has 7 nitrogen and oxygen atoms in total. The predicted molar refractivity (Wildman–Crippen MR) is 112 cm³/mol. The van der Waals surface area contributed by atoms with Crippen LogP contribution in [0.1, 0.15) is 22.0 Å². The molecular weight excluding hydrogens is 396 g/mol. The highest BCUT2D eigenvalue weighted by Gasteiger charge is 2.60. The summed E-state index contributed by atoms with van der Waals surface area (Å²) in [6, 6.07) is 23.7. The molecule has 2 saturated heterocycles. The lowest BCUT2D eigenvalue weighted by molar-refractivity contribution is -0.126. The molecule has 7 heteroatoms. The number of imide groups is 1. The molecule has 5 rings (SSSR count). The number of amides is 2. The fourth-order valence-corrected chi connectivity index (χ4v) is 4.21. The molecule has 0 radical (unpaired) electrons. The van der Waals surface area contributed by atoms with Crippen molar-refractivity contribution in [2.75, 3.05) is 9.96 Å². The van der Waals surface area contributed by atoms with Crippen molar-refractivity contribution in [3.05, 3.63) is 96.1 Å². The van der Waals surface area contributed by atoms with Gasteiger partial charge in [0, 0.05) is 0 Å². The summed E-state index contributed by atoms with van der Waals surface area (Å²) in [5.41, 5.74) is 2.04. The van der Waals surface area contributed by atoms with Gasteiger partial charge >= 0.3 is 5.97 Å². The standard InChI is InChI=1S/C24H18N2O5/c27-22-19-20(15-11-13-16(14-12-15)24(29)30)26(18-9-5-2-6-10-18)31-21(19)23(28)25(22)17-7-3-1-4-8-17/h1-14,19-21H,(H,29,30)/t19-,20+,21-/m0/s1. The van der Waals surface area contributed by atoms with Crippen LogP contribution >= 0.6 is 0 Å². The smallest absolute Gasteiger partial charge is 0.335 e. The Balaban J connectivity index is 1.58. The molecule has 0 saturated carbocycles. The van der Waals surface area contributed by atoms with E-state index < -0.39 is 29.9 Å². The van der Waals surface area contributed by atoms with Crippen molar-refractivity contribution >= 4 is 29.2 Å². The molecule has 0 aromatic heterocycles. The number of carboxylic acid groups (broad SMARTS) is 1. The molecule has 1 N–H and O–H groups in total. The van der Waals surface area contributed by atoms with Crippen molar-refractivity contribution in [3.8, 4) is 0 Å². The number of rotatable bonds is 4. The van der Waals surface area contributed by atoms with Crippen LogP contribution in [0, 0.1) is 5.92 Å². The number of carbonyl (C=O) groups is 3. The molecular formula is C24H18N2O5. The Hall–Kier alpha value is -3.97. The van der Waals surface area contributed by atoms with Gasteiger partial charge < -0.3 is 5.11 Å². The molecule has 0 unspecified atom stereocenters. The Morgan fingerprint density at radius 3 is 1.94 bits per heavy atom. The van der Waals surface area contributed by atoms with E-state index in [0.29, 0.717) is 16.9 Å². The number of hydrogen-bond acceptors (Lipinski definition) is 5. The van der Waals surface area contributed by atoms with Gasteiger partial charge in [-0.2, -0.15) is 0 Å². The average Bonchev–Trinajstić information content (AvgIpc) is 3.31. The van der Waals surface area contributed by atoms with Crippen molar-refractivity contribution in [2.45, 2.75) is 12.1 Å². The molecule has 3 aromatic carbocycles. The maximum Gasteiger partial charge on any atom is 0.335 e. The fraction of sp³-hybridized carbons (Fsp3) is 0.125. The van der Waals surface area contributed by atoms with Gasteiger partial charge in [-0.05, 0) is 42.0 Å². The quantitative estimate of drug-likeness (QED) is 0.658. The van der Waals surface area contributed by atoms with Crippen LogP contribution < -0.4 is 9.96 Å². The van der Waals surface area contributed by atoms with Gasteiger partial charge in [0.25, 0.3) is 5.91 Å². The van der Waals surface area contributed by atoms with Crippen LogP contribution in [0.4, 0.5) is 11.4 Å². The Morgan fingerprint density at radius 1 is 0.774 bits per heavy atom. The Morgan fingerprint density at radius 2 is 1.35 bits per heavy atom. The van der Waals surface area contributed by atoms with Gasteiger partial charge in [-0.3, -0.25) is 14.4 Å². The molecule has 2 heterocycles. The lowest BCUT2D eigenvalue weighted by atomic mass is 9.90. The molecule has 2 amide bonds. The molecule has 0 bridgehead atoms. The number of hydroxylamine groups is 1. The first-order chi connectivity index (χ1) is 15.1. The summed E-state index contributed by atoms with van der Waals surface area (Å²) in [5.74, 6) is -2.54. The number of nitrogens with zero attached hydrogens (tertiary/aromatic N) is 2. The second-order valence-electron chi connectivity index (χ2n) is 7.43. The molecule has 0 aliphatic carbocycles. The molecule has 2 aliphatic heterocycles. The van der Waals surface area contributed by atoms with E-state index >= 15 is 0 Å². The average molecular weight is 414 g/mol. The SMILES string of the molecule is O=C(O)c1ccc([C@@H]2[C@@H]3C(=O)N(c4ccccc4)C(=O)[C@H]3ON2c2ccccc2)cc1. The second-order valence-corrected chi connectivity index (χ2v) is 7.43. The third kappa shape index (κ3) is 3.06. The van der Waals surface area contributed by atoms with Gasteiger partial charge in [-0.1, -0.05) is 48.5 Å². The van der Waals surface area contributed by atoms with Crippen LogP contribution in [-0.2, 0) is 14.4 Å². The van der Waals surface area contributed by atoms with Crippen LogP contribution in [-0.4, -0.2) is 29.0 Å². The summed E-state index contributed by atoms with van der Waals surface area (Å²) >= 11 is 0. The minimum Gasteiger partial charge on any atom is -0.478 e. The summed E-state index contributed by atoms with van der Waals surface area (Å²) < 4.78 is 0. The topological polar surface area (TPSA) is 87.2 Å². The highest BCUT2D eigenvalue weighted by atomic mass is 16.7. The number of carboxylic acids is 1. The van der Waals surface area contributed by atoms with Gasteiger partial charge in [0.2, 0.25) is 5.91 Å². The monoisotopic (exact) mass is 414 g/mol. The molecule has 154 valence electrons. The molecule has 0 spiro atoms. The van der Waals surface area contributed by atoms with Gasteiger partial charge in [0.15, 0.2) is 6.10 Å². The molecule has 3 aromatic rings. The van der Waals surface area contributed by atoms with Crippen molar-refractivity contribution < 1.29 is 24.3 Å². The Kier molecular flexibility index (Phi) is 4.52. The number of anilines is 2. The highest BCUT2D eigenvalue weighted by molar-refractivity contribution is 6.23. The van der Waals surface area contributed by atoms with Crippen molar-refractivity contribution in [2.24, 2.45) is 5.92 Å². The van der Waals surface area contributed by atoms with E-state index in [1.807, 2.05) is 36.4 Å². The van der Waals surface area contributed by atoms with Gasteiger partial charge in [0.1, 0.15) is 5.92 Å². The van der Waals surface area contributed by atoms with Crippen LogP contribution in [0.2, 0.25) is 0 Å². The van der Waals surface area contributed by atoms with Crippen LogP contribution in [0.15, 0.2) is 84.9 Å². The van der Waals surface area contributed by atoms with E-state index in [9.17, 15) is 19.5 Å². The number of para-hydroxylation sites is 2. The zero-order chi connectivity index (χ0) is 21.5. The first-order valence-corrected chi connectivity index (χ1v) is 9.83. The lowest BCUT2D eigenvalue weighted by Crippen LogP contribution is -2.37. The summed E-state index contributed by atoms with van der Waals surface area (Å²) in [4.78, 5) is 45.1. The summed E-state index contributed by atoms with van der Waals surface area (Å²) in [7, 11) is 0. The van der Waals surface area contributed by atoms with Gasteiger partial charge in [-0.15, -0.1) is 0 Å². The number of fused-ring (bicyclic) bond motifs is 1. The van der Waals surface area contributed by atoms with E-state index in [1.54, 1.807) is 41.5 Å². The van der Waals surface area contributed by atoms with E-state index in [4.69, 9.17) is 4.84 Å². The number of hydrogen-bond donors (Lipinski definition) is 1. The third-order valence-corrected chi connectivity index (χ3v) is 5.64. The zero-order valence-electron chi connectivity index (χ0n) is 16.3. The van der Waals surface area contributed by atoms with Crippen molar-refractivity contribution in [1.82, 2.24) is 0 Å².